The first kappa shape index (κ1) is 23.7. The summed E-state index contributed by atoms with van der Waals surface area (Å²) in [6, 6.07) is 14.9. The standard InChI is InChI=1S/C27H34N2O3/c1-5-28(6-2)21-13-9-19(10-14-21)26(31)23-17-18-24(30)25(23)27(32)20-11-15-22(16-12-20)29(7-3)8-4/h9-16,23,25H,5-8,17-18H2,1-4H3. The lowest BCUT2D eigenvalue weighted by Crippen LogP contribution is -2.30. The summed E-state index contributed by atoms with van der Waals surface area (Å²) in [6.07, 6.45) is 0.714. The van der Waals surface area contributed by atoms with E-state index in [1.165, 1.54) is 0 Å². The molecule has 0 radical (unpaired) electrons. The Morgan fingerprint density at radius 2 is 1.12 bits per heavy atom. The number of carbonyl (C=O) groups is 3. The Morgan fingerprint density at radius 1 is 0.719 bits per heavy atom. The summed E-state index contributed by atoms with van der Waals surface area (Å²) in [5.74, 6) is -1.95. The number of carbonyl (C=O) groups excluding carboxylic acids is 3. The number of benzene rings is 2. The van der Waals surface area contributed by atoms with Crippen molar-refractivity contribution in [2.45, 2.75) is 40.5 Å². The van der Waals surface area contributed by atoms with E-state index in [1.54, 1.807) is 12.1 Å². The number of rotatable bonds is 10. The smallest absolute Gasteiger partial charge is 0.174 e. The second-order valence-electron chi connectivity index (χ2n) is 8.26. The maximum atomic E-state index is 13.3. The molecule has 0 bridgehead atoms. The van der Waals surface area contributed by atoms with E-state index in [0.717, 1.165) is 37.6 Å². The van der Waals surface area contributed by atoms with Crippen LogP contribution in [0.15, 0.2) is 48.5 Å². The van der Waals surface area contributed by atoms with Crippen molar-refractivity contribution < 1.29 is 14.4 Å². The number of hydrogen-bond acceptors (Lipinski definition) is 5. The molecule has 1 aliphatic rings. The van der Waals surface area contributed by atoms with E-state index >= 15 is 0 Å². The number of nitrogens with zero attached hydrogens (tertiary/aromatic N) is 2. The molecule has 2 atom stereocenters. The molecular weight excluding hydrogens is 400 g/mol. The van der Waals surface area contributed by atoms with E-state index in [0.29, 0.717) is 17.5 Å². The van der Waals surface area contributed by atoms with Crippen molar-refractivity contribution in [1.29, 1.82) is 0 Å². The molecule has 170 valence electrons. The molecule has 0 spiro atoms. The van der Waals surface area contributed by atoms with Crippen molar-refractivity contribution in [1.82, 2.24) is 0 Å². The van der Waals surface area contributed by atoms with Gasteiger partial charge in [0.2, 0.25) is 0 Å². The van der Waals surface area contributed by atoms with Gasteiger partial charge in [-0.15, -0.1) is 0 Å². The van der Waals surface area contributed by atoms with E-state index in [1.807, 2.05) is 36.4 Å². The highest BCUT2D eigenvalue weighted by Gasteiger charge is 2.44. The summed E-state index contributed by atoms with van der Waals surface area (Å²) in [6.45, 7) is 11.9. The zero-order chi connectivity index (χ0) is 23.3. The third-order valence-corrected chi connectivity index (χ3v) is 6.63. The first-order valence-corrected chi connectivity index (χ1v) is 11.8. The zero-order valence-corrected chi connectivity index (χ0v) is 19.6. The molecule has 2 aromatic carbocycles. The van der Waals surface area contributed by atoms with Crippen LogP contribution in [0.4, 0.5) is 11.4 Å². The third-order valence-electron chi connectivity index (χ3n) is 6.63. The number of anilines is 2. The minimum Gasteiger partial charge on any atom is -0.372 e. The Labute approximate surface area is 191 Å². The van der Waals surface area contributed by atoms with Crippen LogP contribution < -0.4 is 9.80 Å². The summed E-state index contributed by atoms with van der Waals surface area (Å²) in [4.78, 5) is 43.6. The Hall–Kier alpha value is -2.95. The molecule has 1 fully saturated rings. The number of ketones is 3. The van der Waals surface area contributed by atoms with Crippen LogP contribution in [0.25, 0.3) is 0 Å². The molecule has 2 unspecified atom stereocenters. The zero-order valence-electron chi connectivity index (χ0n) is 19.6. The van der Waals surface area contributed by atoms with Crippen molar-refractivity contribution in [3.05, 3.63) is 59.7 Å². The maximum absolute atomic E-state index is 13.3. The molecule has 2 aromatic rings. The lowest BCUT2D eigenvalue weighted by Gasteiger charge is -2.22. The molecule has 1 saturated carbocycles. The van der Waals surface area contributed by atoms with Gasteiger partial charge in [0, 0.05) is 61.0 Å². The average Bonchev–Trinajstić information content (AvgIpc) is 3.22. The molecule has 3 rings (SSSR count). The highest BCUT2D eigenvalue weighted by atomic mass is 16.2. The van der Waals surface area contributed by atoms with Crippen LogP contribution in [0.1, 0.15) is 61.3 Å². The van der Waals surface area contributed by atoms with Gasteiger partial charge in [-0.3, -0.25) is 14.4 Å². The van der Waals surface area contributed by atoms with Crippen molar-refractivity contribution in [3.63, 3.8) is 0 Å². The molecule has 0 saturated heterocycles. The minimum atomic E-state index is -0.885. The van der Waals surface area contributed by atoms with Gasteiger partial charge >= 0.3 is 0 Å². The quantitative estimate of drug-likeness (QED) is 0.387. The van der Waals surface area contributed by atoms with Crippen LogP contribution in [-0.2, 0) is 4.79 Å². The fourth-order valence-electron chi connectivity index (χ4n) is 4.70. The molecule has 1 aliphatic carbocycles. The monoisotopic (exact) mass is 434 g/mol. The van der Waals surface area contributed by atoms with Crippen molar-refractivity contribution in [3.8, 4) is 0 Å². The van der Waals surface area contributed by atoms with Gasteiger partial charge in [0.05, 0.1) is 5.92 Å². The lowest BCUT2D eigenvalue weighted by molar-refractivity contribution is -0.119. The largest absolute Gasteiger partial charge is 0.372 e. The van der Waals surface area contributed by atoms with Crippen LogP contribution in [0, 0.1) is 11.8 Å². The summed E-state index contributed by atoms with van der Waals surface area (Å²) in [5, 5.41) is 0. The first-order chi connectivity index (χ1) is 15.4. The van der Waals surface area contributed by atoms with E-state index in [9.17, 15) is 14.4 Å². The van der Waals surface area contributed by atoms with E-state index < -0.39 is 11.8 Å². The second kappa shape index (κ2) is 10.6. The van der Waals surface area contributed by atoms with E-state index in [4.69, 9.17) is 0 Å². The minimum absolute atomic E-state index is 0.111. The van der Waals surface area contributed by atoms with Crippen molar-refractivity contribution >= 4 is 28.7 Å². The molecule has 0 amide bonds. The van der Waals surface area contributed by atoms with Gasteiger partial charge in [0.15, 0.2) is 11.6 Å². The Morgan fingerprint density at radius 3 is 1.53 bits per heavy atom. The van der Waals surface area contributed by atoms with E-state index in [-0.39, 0.29) is 23.8 Å². The molecule has 0 aliphatic heterocycles. The maximum Gasteiger partial charge on any atom is 0.174 e. The molecule has 0 heterocycles. The predicted molar refractivity (Wildman–Crippen MR) is 130 cm³/mol. The SMILES string of the molecule is CCN(CC)c1ccc(C(=O)C2CCC(=O)C2C(=O)c2ccc(N(CC)CC)cc2)cc1. The van der Waals surface area contributed by atoms with E-state index in [2.05, 4.69) is 37.5 Å². The molecule has 5 heteroatoms. The van der Waals surface area contributed by atoms with Crippen LogP contribution in [0.5, 0.6) is 0 Å². The topological polar surface area (TPSA) is 57.7 Å². The summed E-state index contributed by atoms with van der Waals surface area (Å²) in [7, 11) is 0. The Kier molecular flexibility index (Phi) is 7.84. The molecule has 5 nitrogen and oxygen atoms in total. The fourth-order valence-corrected chi connectivity index (χ4v) is 4.70. The Balaban J connectivity index is 1.80. The van der Waals surface area contributed by atoms with Gasteiger partial charge in [-0.05, 0) is 82.6 Å². The van der Waals surface area contributed by atoms with Gasteiger partial charge < -0.3 is 9.80 Å². The number of Topliss-reactive ketones (excluding diaryl/α,β-unsaturated/α-hetero) is 3. The summed E-state index contributed by atoms with van der Waals surface area (Å²) >= 11 is 0. The third kappa shape index (κ3) is 4.77. The van der Waals surface area contributed by atoms with Crippen LogP contribution in [-0.4, -0.2) is 43.5 Å². The van der Waals surface area contributed by atoms with Crippen LogP contribution >= 0.6 is 0 Å². The predicted octanol–water partition coefficient (Wildman–Crippen LogP) is 5.04. The highest BCUT2D eigenvalue weighted by Crippen LogP contribution is 2.35. The summed E-state index contributed by atoms with van der Waals surface area (Å²) < 4.78 is 0. The van der Waals surface area contributed by atoms with Crippen LogP contribution in [0.2, 0.25) is 0 Å². The average molecular weight is 435 g/mol. The molecule has 0 N–H and O–H groups in total. The second-order valence-corrected chi connectivity index (χ2v) is 8.26. The highest BCUT2D eigenvalue weighted by molar-refractivity contribution is 6.16. The van der Waals surface area contributed by atoms with Gasteiger partial charge in [-0.25, -0.2) is 0 Å². The molecular formula is C27H34N2O3. The fraction of sp³-hybridized carbons (Fsp3) is 0.444. The lowest BCUT2D eigenvalue weighted by atomic mass is 9.83. The normalized spacial score (nSPS) is 17.9. The molecule has 32 heavy (non-hydrogen) atoms. The van der Waals surface area contributed by atoms with Crippen molar-refractivity contribution in [2.75, 3.05) is 36.0 Å². The van der Waals surface area contributed by atoms with Gasteiger partial charge in [0.1, 0.15) is 5.78 Å². The number of hydrogen-bond donors (Lipinski definition) is 0. The first-order valence-electron chi connectivity index (χ1n) is 11.8. The van der Waals surface area contributed by atoms with Gasteiger partial charge in [-0.2, -0.15) is 0 Å². The van der Waals surface area contributed by atoms with Crippen LogP contribution in [0.3, 0.4) is 0 Å². The Bertz CT molecular complexity index is 942. The van der Waals surface area contributed by atoms with Gasteiger partial charge in [-0.1, -0.05) is 0 Å². The molecule has 0 aromatic heterocycles. The van der Waals surface area contributed by atoms with Crippen molar-refractivity contribution in [2.24, 2.45) is 11.8 Å². The summed E-state index contributed by atoms with van der Waals surface area (Å²) in [5.41, 5.74) is 3.17. The van der Waals surface area contributed by atoms with Gasteiger partial charge in [0.25, 0.3) is 0 Å².